The molecule has 0 unspecified atom stereocenters. The Morgan fingerprint density at radius 3 is 2.29 bits per heavy atom. The van der Waals surface area contributed by atoms with Crippen LogP contribution in [0.25, 0.3) is 22.2 Å². The molecule has 1 atom stereocenters. The van der Waals surface area contributed by atoms with E-state index >= 15 is 0 Å². The van der Waals surface area contributed by atoms with Gasteiger partial charge in [0.2, 0.25) is 0 Å². The summed E-state index contributed by atoms with van der Waals surface area (Å²) in [6.07, 6.45) is -0.646. The molecule has 3 aromatic carbocycles. The molecule has 31 heavy (non-hydrogen) atoms. The molecule has 1 aliphatic carbocycles. The van der Waals surface area contributed by atoms with Crippen LogP contribution >= 0.6 is 0 Å². The van der Waals surface area contributed by atoms with Crippen molar-refractivity contribution < 1.29 is 14.3 Å². The maximum Gasteiger partial charge on any atom is 0.407 e. The number of nitrogens with one attached hydrogen (secondary N) is 1. The second-order valence-corrected chi connectivity index (χ2v) is 7.52. The average Bonchev–Trinajstić information content (AvgIpc) is 3.37. The van der Waals surface area contributed by atoms with E-state index in [0.29, 0.717) is 11.0 Å². The summed E-state index contributed by atoms with van der Waals surface area (Å²) in [5.41, 5.74) is 5.80. The molecule has 0 fully saturated rings. The van der Waals surface area contributed by atoms with Gasteiger partial charge in [-0.25, -0.2) is 4.79 Å². The first-order valence-corrected chi connectivity index (χ1v) is 10.1. The lowest BCUT2D eigenvalue weighted by atomic mass is 9.98. The third-order valence-electron chi connectivity index (χ3n) is 5.61. The van der Waals surface area contributed by atoms with E-state index in [1.807, 2.05) is 30.3 Å². The molecule has 0 aliphatic heterocycles. The van der Waals surface area contributed by atoms with Gasteiger partial charge in [0.15, 0.2) is 0 Å². The van der Waals surface area contributed by atoms with Gasteiger partial charge in [0, 0.05) is 5.92 Å². The summed E-state index contributed by atoms with van der Waals surface area (Å²) in [5, 5.41) is 10.5. The molecule has 154 valence electrons. The van der Waals surface area contributed by atoms with Crippen LogP contribution < -0.4 is 5.32 Å². The van der Waals surface area contributed by atoms with E-state index in [4.69, 9.17) is 4.74 Å². The molecule has 0 radical (unpaired) electrons. The number of fused-ring (bicyclic) bond motifs is 4. The largest absolute Gasteiger partial charge is 0.449 e. The lowest BCUT2D eigenvalue weighted by Crippen LogP contribution is -2.42. The van der Waals surface area contributed by atoms with E-state index in [9.17, 15) is 9.59 Å². The van der Waals surface area contributed by atoms with E-state index in [-0.39, 0.29) is 18.4 Å². The fourth-order valence-electron chi connectivity index (χ4n) is 4.09. The molecule has 1 aliphatic rings. The van der Waals surface area contributed by atoms with Crippen LogP contribution in [0.3, 0.4) is 0 Å². The summed E-state index contributed by atoms with van der Waals surface area (Å²) in [4.78, 5) is 25.2. The summed E-state index contributed by atoms with van der Waals surface area (Å²) in [5.74, 6) is -0.425. The number of para-hydroxylation sites is 1. The van der Waals surface area contributed by atoms with Gasteiger partial charge in [0.25, 0.3) is 5.91 Å². The summed E-state index contributed by atoms with van der Waals surface area (Å²) in [7, 11) is 0. The number of rotatable bonds is 4. The van der Waals surface area contributed by atoms with Crippen LogP contribution in [0.1, 0.15) is 28.8 Å². The van der Waals surface area contributed by atoms with E-state index in [1.165, 1.54) is 4.68 Å². The molecular weight excluding hydrogens is 392 g/mol. The smallest absolute Gasteiger partial charge is 0.407 e. The number of alkyl carbamates (subject to hydrolysis) is 1. The summed E-state index contributed by atoms with van der Waals surface area (Å²) >= 11 is 0. The molecule has 4 aromatic rings. The first kappa shape index (κ1) is 19.0. The number of aromatic nitrogens is 3. The quantitative estimate of drug-likeness (QED) is 0.548. The van der Waals surface area contributed by atoms with Crippen molar-refractivity contribution in [1.29, 1.82) is 0 Å². The summed E-state index contributed by atoms with van der Waals surface area (Å²) in [6, 6.07) is 22.6. The van der Waals surface area contributed by atoms with E-state index in [1.54, 1.807) is 25.1 Å². The minimum absolute atomic E-state index is 0.0385. The summed E-state index contributed by atoms with van der Waals surface area (Å²) in [6.45, 7) is 1.78. The van der Waals surface area contributed by atoms with Crippen molar-refractivity contribution in [2.24, 2.45) is 0 Å². The normalized spacial score (nSPS) is 13.5. The van der Waals surface area contributed by atoms with Crippen LogP contribution in [0.15, 0.2) is 72.8 Å². The second kappa shape index (κ2) is 7.68. The Morgan fingerprint density at radius 2 is 1.58 bits per heavy atom. The van der Waals surface area contributed by atoms with Crippen LogP contribution in [-0.4, -0.2) is 39.6 Å². The Bertz CT molecular complexity index is 1250. The molecule has 7 heteroatoms. The third kappa shape index (κ3) is 3.34. The van der Waals surface area contributed by atoms with Crippen molar-refractivity contribution in [3.8, 4) is 11.1 Å². The van der Waals surface area contributed by atoms with Gasteiger partial charge in [-0.2, -0.15) is 4.68 Å². The highest BCUT2D eigenvalue weighted by molar-refractivity contribution is 5.93. The van der Waals surface area contributed by atoms with Gasteiger partial charge in [-0.1, -0.05) is 65.9 Å². The maximum absolute atomic E-state index is 12.7. The average molecular weight is 412 g/mol. The molecule has 1 amide bonds. The lowest BCUT2D eigenvalue weighted by molar-refractivity contribution is 0.0837. The zero-order valence-corrected chi connectivity index (χ0v) is 16.9. The maximum atomic E-state index is 12.7. The highest BCUT2D eigenvalue weighted by Gasteiger charge is 2.29. The zero-order valence-electron chi connectivity index (χ0n) is 16.9. The minimum Gasteiger partial charge on any atom is -0.449 e. The number of ether oxygens (including phenoxy) is 1. The minimum atomic E-state index is -0.819. The second-order valence-electron chi connectivity index (χ2n) is 7.52. The van der Waals surface area contributed by atoms with Crippen molar-refractivity contribution in [3.63, 3.8) is 0 Å². The first-order valence-electron chi connectivity index (χ1n) is 10.1. The molecule has 0 spiro atoms. The van der Waals surface area contributed by atoms with Crippen LogP contribution in [-0.2, 0) is 4.74 Å². The molecule has 1 aromatic heterocycles. The van der Waals surface area contributed by atoms with Crippen molar-refractivity contribution in [2.75, 3.05) is 6.61 Å². The number of hydrogen-bond donors (Lipinski definition) is 1. The number of carbonyl (C=O) groups excluding carboxylic acids is 2. The molecule has 0 saturated carbocycles. The molecular formula is C24H20N4O3. The van der Waals surface area contributed by atoms with Gasteiger partial charge in [-0.15, -0.1) is 5.10 Å². The van der Waals surface area contributed by atoms with Crippen molar-refractivity contribution in [1.82, 2.24) is 20.3 Å². The first-order chi connectivity index (χ1) is 15.1. The highest BCUT2D eigenvalue weighted by Crippen LogP contribution is 2.44. The van der Waals surface area contributed by atoms with E-state index in [2.05, 4.69) is 39.9 Å². The SMILES string of the molecule is C[C@H](NC(=O)OCC1c2ccccc2-c2ccccc21)C(=O)n1nnc2ccccc21. The van der Waals surface area contributed by atoms with Gasteiger partial charge >= 0.3 is 6.09 Å². The number of amides is 1. The van der Waals surface area contributed by atoms with Gasteiger partial charge in [0.1, 0.15) is 18.2 Å². The van der Waals surface area contributed by atoms with Gasteiger partial charge in [-0.3, -0.25) is 4.79 Å². The highest BCUT2D eigenvalue weighted by atomic mass is 16.5. The number of benzene rings is 3. The Labute approximate surface area is 178 Å². The standard InChI is InChI=1S/C24H20N4O3/c1-15(23(29)28-22-13-7-6-12-21(22)26-27-28)25-24(30)31-14-20-18-10-4-2-8-16(18)17-9-3-5-11-19(17)20/h2-13,15,20H,14H2,1H3,(H,25,30)/t15-/m0/s1. The Morgan fingerprint density at radius 1 is 0.968 bits per heavy atom. The fraction of sp³-hybridized carbons (Fsp3) is 0.167. The van der Waals surface area contributed by atoms with Crippen LogP contribution in [0.4, 0.5) is 4.79 Å². The number of carbonyl (C=O) groups is 2. The molecule has 0 saturated heterocycles. The van der Waals surface area contributed by atoms with Crippen LogP contribution in [0.5, 0.6) is 0 Å². The monoisotopic (exact) mass is 412 g/mol. The Balaban J connectivity index is 1.27. The lowest BCUT2D eigenvalue weighted by Gasteiger charge is -2.16. The number of nitrogens with zero attached hydrogens (tertiary/aromatic N) is 3. The van der Waals surface area contributed by atoms with Gasteiger partial charge < -0.3 is 10.1 Å². The van der Waals surface area contributed by atoms with Crippen molar-refractivity contribution in [2.45, 2.75) is 18.9 Å². The summed E-state index contributed by atoms with van der Waals surface area (Å²) < 4.78 is 6.72. The number of hydrogen-bond acceptors (Lipinski definition) is 5. The van der Waals surface area contributed by atoms with E-state index in [0.717, 1.165) is 22.3 Å². The Hall–Kier alpha value is -4.00. The van der Waals surface area contributed by atoms with Crippen LogP contribution in [0.2, 0.25) is 0 Å². The van der Waals surface area contributed by atoms with Gasteiger partial charge in [-0.05, 0) is 41.3 Å². The molecule has 1 heterocycles. The molecule has 1 N–H and O–H groups in total. The van der Waals surface area contributed by atoms with Gasteiger partial charge in [0.05, 0.1) is 5.52 Å². The predicted molar refractivity (Wildman–Crippen MR) is 116 cm³/mol. The van der Waals surface area contributed by atoms with Crippen molar-refractivity contribution in [3.05, 3.63) is 83.9 Å². The zero-order chi connectivity index (χ0) is 21.4. The Kier molecular flexibility index (Phi) is 4.71. The predicted octanol–water partition coefficient (Wildman–Crippen LogP) is 4.00. The third-order valence-corrected chi connectivity index (χ3v) is 5.61. The molecule has 0 bridgehead atoms. The molecule has 7 nitrogen and oxygen atoms in total. The topological polar surface area (TPSA) is 86.1 Å². The molecule has 5 rings (SSSR count). The fourth-order valence-corrected chi connectivity index (χ4v) is 4.09. The van der Waals surface area contributed by atoms with Crippen LogP contribution in [0, 0.1) is 0 Å². The van der Waals surface area contributed by atoms with Crippen molar-refractivity contribution >= 4 is 23.0 Å². The van der Waals surface area contributed by atoms with E-state index < -0.39 is 12.1 Å².